The molecular weight excluding hydrogens is 365 g/mol. The van der Waals surface area contributed by atoms with E-state index < -0.39 is 0 Å². The number of imidazole rings is 1. The van der Waals surface area contributed by atoms with Crippen LogP contribution in [0.15, 0.2) is 73.1 Å². The van der Waals surface area contributed by atoms with Crippen LogP contribution >= 0.6 is 23.2 Å². The molecule has 128 valence electrons. The van der Waals surface area contributed by atoms with Gasteiger partial charge in [0.2, 0.25) is 0 Å². The fraction of sp³-hybridized carbons (Fsp3) is 0.0476. The second-order valence-corrected chi connectivity index (χ2v) is 6.77. The van der Waals surface area contributed by atoms with Gasteiger partial charge in [-0.05, 0) is 35.9 Å². The maximum Gasteiger partial charge on any atom is 0.111 e. The van der Waals surface area contributed by atoms with Gasteiger partial charge in [0.15, 0.2) is 0 Å². The third-order valence-corrected chi connectivity index (χ3v) is 4.68. The fourth-order valence-electron chi connectivity index (χ4n) is 2.89. The van der Waals surface area contributed by atoms with Crippen LogP contribution < -0.4 is 0 Å². The molecule has 0 aliphatic heterocycles. The molecule has 3 nitrogen and oxygen atoms in total. The van der Waals surface area contributed by atoms with E-state index in [0.29, 0.717) is 16.5 Å². The second kappa shape index (κ2) is 7.32. The van der Waals surface area contributed by atoms with Gasteiger partial charge in [-0.15, -0.1) is 0 Å². The summed E-state index contributed by atoms with van der Waals surface area (Å²) in [6, 6.07) is 19.5. The molecule has 26 heavy (non-hydrogen) atoms. The smallest absolute Gasteiger partial charge is 0.111 e. The highest BCUT2D eigenvalue weighted by molar-refractivity contribution is 6.35. The van der Waals surface area contributed by atoms with E-state index in [2.05, 4.69) is 9.97 Å². The molecule has 2 aromatic heterocycles. The number of nitrogens with zero attached hydrogens (tertiary/aromatic N) is 2. The Morgan fingerprint density at radius 1 is 0.885 bits per heavy atom. The Kier molecular flexibility index (Phi) is 4.74. The van der Waals surface area contributed by atoms with Crippen LogP contribution in [-0.2, 0) is 6.42 Å². The maximum atomic E-state index is 6.44. The summed E-state index contributed by atoms with van der Waals surface area (Å²) in [5.74, 6) is 0.862. The van der Waals surface area contributed by atoms with Gasteiger partial charge in [-0.2, -0.15) is 0 Å². The molecule has 0 fully saturated rings. The lowest BCUT2D eigenvalue weighted by atomic mass is 10.1. The standard InChI is InChI=1S/C21H15Cl2N3/c22-16-6-7-18(23)17(13-16)21-20(15-4-2-1-3-5-15)25-19(26-21)12-14-8-10-24-11-9-14/h1-11,13H,12H2,(H,25,26). The molecule has 0 amide bonds. The molecule has 0 aliphatic rings. The Hall–Kier alpha value is -2.62. The molecule has 5 heteroatoms. The molecule has 2 aromatic carbocycles. The average Bonchev–Trinajstić information content (AvgIpc) is 3.09. The predicted molar refractivity (Wildman–Crippen MR) is 107 cm³/mol. The summed E-state index contributed by atoms with van der Waals surface area (Å²) in [6.07, 6.45) is 4.25. The van der Waals surface area contributed by atoms with Crippen LogP contribution in [0.25, 0.3) is 22.5 Å². The first-order valence-corrected chi connectivity index (χ1v) is 8.95. The van der Waals surface area contributed by atoms with Gasteiger partial charge in [-0.3, -0.25) is 4.98 Å². The minimum absolute atomic E-state index is 0.630. The summed E-state index contributed by atoms with van der Waals surface area (Å²) in [7, 11) is 0. The van der Waals surface area contributed by atoms with Crippen LogP contribution in [0.4, 0.5) is 0 Å². The van der Waals surface area contributed by atoms with Gasteiger partial charge < -0.3 is 4.98 Å². The molecule has 0 saturated carbocycles. The van der Waals surface area contributed by atoms with Gasteiger partial charge in [0.1, 0.15) is 5.82 Å². The molecule has 0 unspecified atom stereocenters. The van der Waals surface area contributed by atoms with Crippen molar-refractivity contribution in [1.82, 2.24) is 15.0 Å². The molecule has 4 aromatic rings. The number of rotatable bonds is 4. The summed E-state index contributed by atoms with van der Waals surface area (Å²) in [4.78, 5) is 12.3. The topological polar surface area (TPSA) is 41.6 Å². The molecule has 0 bridgehead atoms. The van der Waals surface area contributed by atoms with Gasteiger partial charge in [-0.25, -0.2) is 4.98 Å². The van der Waals surface area contributed by atoms with Crippen molar-refractivity contribution in [2.45, 2.75) is 6.42 Å². The first-order valence-electron chi connectivity index (χ1n) is 8.19. The first kappa shape index (κ1) is 16.8. The van der Waals surface area contributed by atoms with Crippen LogP contribution in [0.2, 0.25) is 10.0 Å². The van der Waals surface area contributed by atoms with Gasteiger partial charge in [0.25, 0.3) is 0 Å². The van der Waals surface area contributed by atoms with Crippen molar-refractivity contribution in [2.75, 3.05) is 0 Å². The lowest BCUT2D eigenvalue weighted by Crippen LogP contribution is -1.91. The molecular formula is C21H15Cl2N3. The van der Waals surface area contributed by atoms with Crippen molar-refractivity contribution >= 4 is 23.2 Å². The first-order chi connectivity index (χ1) is 12.7. The SMILES string of the molecule is Clc1ccc(Cl)c(-c2[nH]c(Cc3ccncc3)nc2-c2ccccc2)c1. The minimum atomic E-state index is 0.630. The van der Waals surface area contributed by atoms with Gasteiger partial charge in [0, 0.05) is 35.0 Å². The van der Waals surface area contributed by atoms with Crippen molar-refractivity contribution < 1.29 is 0 Å². The zero-order valence-corrected chi connectivity index (χ0v) is 15.3. The summed E-state index contributed by atoms with van der Waals surface area (Å²) in [5.41, 5.74) is 4.73. The Labute approximate surface area is 161 Å². The Morgan fingerprint density at radius 3 is 2.42 bits per heavy atom. The molecule has 4 rings (SSSR count). The lowest BCUT2D eigenvalue weighted by molar-refractivity contribution is 1.02. The number of benzene rings is 2. The minimum Gasteiger partial charge on any atom is -0.341 e. The quantitative estimate of drug-likeness (QED) is 0.469. The van der Waals surface area contributed by atoms with Crippen molar-refractivity contribution in [1.29, 1.82) is 0 Å². The van der Waals surface area contributed by atoms with E-state index in [0.717, 1.165) is 33.9 Å². The molecule has 0 atom stereocenters. The van der Waals surface area contributed by atoms with Crippen molar-refractivity contribution in [3.8, 4) is 22.5 Å². The van der Waals surface area contributed by atoms with Crippen LogP contribution in [-0.4, -0.2) is 15.0 Å². The number of nitrogens with one attached hydrogen (secondary N) is 1. The molecule has 0 radical (unpaired) electrons. The Morgan fingerprint density at radius 2 is 1.65 bits per heavy atom. The average molecular weight is 380 g/mol. The van der Waals surface area contributed by atoms with E-state index in [4.69, 9.17) is 28.2 Å². The van der Waals surface area contributed by atoms with E-state index in [9.17, 15) is 0 Å². The summed E-state index contributed by atoms with van der Waals surface area (Å²) in [5, 5.41) is 1.26. The van der Waals surface area contributed by atoms with Crippen LogP contribution in [0.1, 0.15) is 11.4 Å². The number of H-pyrrole nitrogens is 1. The van der Waals surface area contributed by atoms with E-state index in [1.165, 1.54) is 0 Å². The third kappa shape index (κ3) is 3.50. The normalized spacial score (nSPS) is 10.8. The van der Waals surface area contributed by atoms with E-state index in [1.807, 2.05) is 48.5 Å². The Balaban J connectivity index is 1.84. The second-order valence-electron chi connectivity index (χ2n) is 5.93. The zero-order valence-electron chi connectivity index (χ0n) is 13.8. The summed E-state index contributed by atoms with van der Waals surface area (Å²) < 4.78 is 0. The van der Waals surface area contributed by atoms with Gasteiger partial charge in [0.05, 0.1) is 16.4 Å². The van der Waals surface area contributed by atoms with Crippen LogP contribution in [0.5, 0.6) is 0 Å². The number of pyridine rings is 1. The highest BCUT2D eigenvalue weighted by atomic mass is 35.5. The number of aromatic nitrogens is 3. The number of hydrogen-bond acceptors (Lipinski definition) is 2. The van der Waals surface area contributed by atoms with Crippen LogP contribution in [0, 0.1) is 0 Å². The number of aromatic amines is 1. The number of halogens is 2. The molecule has 2 heterocycles. The summed E-state index contributed by atoms with van der Waals surface area (Å²) >= 11 is 12.6. The molecule has 0 spiro atoms. The van der Waals surface area contributed by atoms with Gasteiger partial charge >= 0.3 is 0 Å². The lowest BCUT2D eigenvalue weighted by Gasteiger charge is -2.06. The molecule has 0 saturated heterocycles. The maximum absolute atomic E-state index is 6.44. The van der Waals surface area contributed by atoms with Crippen LogP contribution in [0.3, 0.4) is 0 Å². The van der Waals surface area contributed by atoms with E-state index in [-0.39, 0.29) is 0 Å². The zero-order chi connectivity index (χ0) is 17.9. The van der Waals surface area contributed by atoms with Crippen molar-refractivity contribution in [3.63, 3.8) is 0 Å². The molecule has 0 aliphatic carbocycles. The van der Waals surface area contributed by atoms with E-state index >= 15 is 0 Å². The van der Waals surface area contributed by atoms with E-state index in [1.54, 1.807) is 24.5 Å². The van der Waals surface area contributed by atoms with Gasteiger partial charge in [-0.1, -0.05) is 53.5 Å². The van der Waals surface area contributed by atoms with Crippen molar-refractivity contribution in [3.05, 3.63) is 94.5 Å². The van der Waals surface area contributed by atoms with Crippen molar-refractivity contribution in [2.24, 2.45) is 0 Å². The fourth-order valence-corrected chi connectivity index (χ4v) is 3.27. The monoisotopic (exact) mass is 379 g/mol. The summed E-state index contributed by atoms with van der Waals surface area (Å²) in [6.45, 7) is 0. The highest BCUT2D eigenvalue weighted by Crippen LogP contribution is 2.36. The Bertz CT molecular complexity index is 1030. The predicted octanol–water partition coefficient (Wildman–Crippen LogP) is 6.04. The number of hydrogen-bond donors (Lipinski definition) is 1. The largest absolute Gasteiger partial charge is 0.341 e. The highest BCUT2D eigenvalue weighted by Gasteiger charge is 2.17. The molecule has 1 N–H and O–H groups in total. The third-order valence-electron chi connectivity index (χ3n) is 4.12.